The fourth-order valence-corrected chi connectivity index (χ4v) is 1.83. The van der Waals surface area contributed by atoms with Crippen LogP contribution in [0, 0.1) is 5.92 Å². The molecule has 2 nitrogen and oxygen atoms in total. The van der Waals surface area contributed by atoms with E-state index in [1.54, 1.807) is 0 Å². The summed E-state index contributed by atoms with van der Waals surface area (Å²) in [7, 11) is 0. The van der Waals surface area contributed by atoms with Crippen molar-refractivity contribution in [1.29, 1.82) is 0 Å². The Morgan fingerprint density at radius 3 is 2.45 bits per heavy atom. The van der Waals surface area contributed by atoms with Crippen LogP contribution >= 0.6 is 0 Å². The van der Waals surface area contributed by atoms with Gasteiger partial charge in [-0.3, -0.25) is 5.84 Å². The van der Waals surface area contributed by atoms with Gasteiger partial charge in [-0.2, -0.15) is 0 Å². The Labute approximate surface area is 69.7 Å². The van der Waals surface area contributed by atoms with E-state index < -0.39 is 0 Å². The number of hydrogen-bond acceptors (Lipinski definition) is 2. The van der Waals surface area contributed by atoms with Crippen LogP contribution in [-0.2, 0) is 0 Å². The molecule has 1 rings (SSSR count). The second kappa shape index (κ2) is 4.73. The van der Waals surface area contributed by atoms with E-state index in [0.29, 0.717) is 0 Å². The fraction of sp³-hybridized carbons (Fsp3) is 1.00. The third-order valence-corrected chi connectivity index (χ3v) is 2.62. The van der Waals surface area contributed by atoms with Gasteiger partial charge in [-0.15, -0.1) is 0 Å². The van der Waals surface area contributed by atoms with E-state index in [1.807, 2.05) is 5.01 Å². The van der Waals surface area contributed by atoms with Gasteiger partial charge in [0.1, 0.15) is 0 Å². The van der Waals surface area contributed by atoms with E-state index in [2.05, 4.69) is 6.92 Å². The maximum atomic E-state index is 5.74. The van der Waals surface area contributed by atoms with Crippen molar-refractivity contribution in [3.05, 3.63) is 0 Å². The minimum atomic E-state index is 0.883. The molecule has 0 amide bonds. The first-order chi connectivity index (χ1) is 5.33. The molecule has 2 N–H and O–H groups in total. The highest BCUT2D eigenvalue weighted by Gasteiger charge is 2.14. The van der Waals surface area contributed by atoms with Gasteiger partial charge < -0.3 is 0 Å². The largest absolute Gasteiger partial charge is 0.269 e. The van der Waals surface area contributed by atoms with Crippen LogP contribution in [-0.4, -0.2) is 18.1 Å². The first-order valence-electron chi connectivity index (χ1n) is 4.82. The first kappa shape index (κ1) is 9.01. The molecule has 0 radical (unpaired) electrons. The van der Waals surface area contributed by atoms with Crippen LogP contribution in [0.5, 0.6) is 0 Å². The molecule has 0 saturated heterocycles. The first-order valence-corrected chi connectivity index (χ1v) is 4.82. The van der Waals surface area contributed by atoms with Crippen LogP contribution in [0.2, 0.25) is 0 Å². The van der Waals surface area contributed by atoms with E-state index >= 15 is 0 Å². The lowest BCUT2D eigenvalue weighted by molar-refractivity contribution is 0.212. The van der Waals surface area contributed by atoms with Crippen LogP contribution in [0.4, 0.5) is 0 Å². The molecule has 0 bridgehead atoms. The van der Waals surface area contributed by atoms with Crippen LogP contribution in [0.15, 0.2) is 0 Å². The number of rotatable bonds is 3. The van der Waals surface area contributed by atoms with Crippen molar-refractivity contribution < 1.29 is 0 Å². The van der Waals surface area contributed by atoms with Gasteiger partial charge in [-0.05, 0) is 18.8 Å². The van der Waals surface area contributed by atoms with Gasteiger partial charge >= 0.3 is 0 Å². The molecule has 2 heteroatoms. The van der Waals surface area contributed by atoms with Crippen molar-refractivity contribution in [2.45, 2.75) is 39.0 Å². The predicted octanol–water partition coefficient (Wildman–Crippen LogP) is 1.76. The molecular formula is C9H20N2. The van der Waals surface area contributed by atoms with Crippen molar-refractivity contribution in [3.63, 3.8) is 0 Å². The van der Waals surface area contributed by atoms with E-state index in [4.69, 9.17) is 5.84 Å². The Morgan fingerprint density at radius 1 is 1.27 bits per heavy atom. The summed E-state index contributed by atoms with van der Waals surface area (Å²) in [4.78, 5) is 0. The third kappa shape index (κ3) is 3.21. The molecule has 11 heavy (non-hydrogen) atoms. The van der Waals surface area contributed by atoms with Crippen molar-refractivity contribution >= 4 is 0 Å². The number of nitrogens with two attached hydrogens (primary N) is 1. The topological polar surface area (TPSA) is 29.3 Å². The lowest BCUT2D eigenvalue weighted by Crippen LogP contribution is -2.36. The quantitative estimate of drug-likeness (QED) is 0.498. The molecular weight excluding hydrogens is 136 g/mol. The second-order valence-corrected chi connectivity index (χ2v) is 3.59. The molecule has 0 aromatic carbocycles. The van der Waals surface area contributed by atoms with E-state index in [0.717, 1.165) is 19.0 Å². The number of hydrogen-bond donors (Lipinski definition) is 1. The second-order valence-electron chi connectivity index (χ2n) is 3.59. The van der Waals surface area contributed by atoms with Crippen LogP contribution < -0.4 is 5.84 Å². The summed E-state index contributed by atoms with van der Waals surface area (Å²) in [5.41, 5.74) is 0. The summed E-state index contributed by atoms with van der Waals surface area (Å²) >= 11 is 0. The summed E-state index contributed by atoms with van der Waals surface area (Å²) in [6.07, 6.45) is 7.07. The molecule has 0 aliphatic heterocycles. The highest BCUT2D eigenvalue weighted by molar-refractivity contribution is 4.67. The molecule has 0 aromatic rings. The molecule has 0 spiro atoms. The van der Waals surface area contributed by atoms with Gasteiger partial charge in [0.2, 0.25) is 0 Å². The fourth-order valence-electron chi connectivity index (χ4n) is 1.83. The maximum absolute atomic E-state index is 5.74. The summed E-state index contributed by atoms with van der Waals surface area (Å²) in [6.45, 7) is 4.20. The third-order valence-electron chi connectivity index (χ3n) is 2.62. The average Bonchev–Trinajstić information content (AvgIpc) is 2.06. The van der Waals surface area contributed by atoms with Crippen LogP contribution in [0.1, 0.15) is 39.0 Å². The Balaban J connectivity index is 2.13. The Bertz CT molecular complexity index is 97.7. The van der Waals surface area contributed by atoms with E-state index in [1.165, 1.54) is 32.1 Å². The summed E-state index contributed by atoms with van der Waals surface area (Å²) in [5.74, 6) is 6.62. The van der Waals surface area contributed by atoms with Crippen LogP contribution in [0.3, 0.4) is 0 Å². The van der Waals surface area contributed by atoms with Gasteiger partial charge in [0, 0.05) is 13.1 Å². The van der Waals surface area contributed by atoms with Crippen molar-refractivity contribution in [2.24, 2.45) is 11.8 Å². The maximum Gasteiger partial charge on any atom is 0.0156 e. The summed E-state index contributed by atoms with van der Waals surface area (Å²) < 4.78 is 0. The lowest BCUT2D eigenvalue weighted by Gasteiger charge is -2.25. The molecule has 66 valence electrons. The standard InChI is InChI=1S/C9H20N2/c1-2-11(10)8-9-6-4-3-5-7-9/h9H,2-8,10H2,1H3. The zero-order chi connectivity index (χ0) is 8.10. The Morgan fingerprint density at radius 2 is 1.91 bits per heavy atom. The molecule has 1 aliphatic carbocycles. The van der Waals surface area contributed by atoms with Gasteiger partial charge in [-0.25, -0.2) is 5.01 Å². The normalized spacial score (nSPS) is 21.0. The summed E-state index contributed by atoms with van der Waals surface area (Å²) in [5, 5.41) is 1.94. The lowest BCUT2D eigenvalue weighted by atomic mass is 9.89. The number of hydrazine groups is 1. The minimum Gasteiger partial charge on any atom is -0.269 e. The molecule has 1 aliphatic rings. The average molecular weight is 156 g/mol. The van der Waals surface area contributed by atoms with Crippen molar-refractivity contribution in [1.82, 2.24) is 5.01 Å². The van der Waals surface area contributed by atoms with Crippen molar-refractivity contribution in [2.75, 3.05) is 13.1 Å². The van der Waals surface area contributed by atoms with E-state index in [-0.39, 0.29) is 0 Å². The Kier molecular flexibility index (Phi) is 3.87. The van der Waals surface area contributed by atoms with Crippen molar-refractivity contribution in [3.8, 4) is 0 Å². The Hall–Kier alpha value is -0.0800. The molecule has 0 atom stereocenters. The minimum absolute atomic E-state index is 0.883. The number of nitrogens with zero attached hydrogens (tertiary/aromatic N) is 1. The highest BCUT2D eigenvalue weighted by Crippen LogP contribution is 2.23. The predicted molar refractivity (Wildman–Crippen MR) is 48.0 cm³/mol. The zero-order valence-corrected chi connectivity index (χ0v) is 7.55. The van der Waals surface area contributed by atoms with Gasteiger partial charge in [0.15, 0.2) is 0 Å². The van der Waals surface area contributed by atoms with E-state index in [9.17, 15) is 0 Å². The zero-order valence-electron chi connectivity index (χ0n) is 7.55. The van der Waals surface area contributed by atoms with Gasteiger partial charge in [0.05, 0.1) is 0 Å². The molecule has 1 saturated carbocycles. The molecule has 0 unspecified atom stereocenters. The monoisotopic (exact) mass is 156 g/mol. The molecule has 1 fully saturated rings. The smallest absolute Gasteiger partial charge is 0.0156 e. The van der Waals surface area contributed by atoms with Crippen LogP contribution in [0.25, 0.3) is 0 Å². The van der Waals surface area contributed by atoms with Gasteiger partial charge in [-0.1, -0.05) is 26.2 Å². The molecule has 0 aromatic heterocycles. The molecule has 0 heterocycles. The van der Waals surface area contributed by atoms with Gasteiger partial charge in [0.25, 0.3) is 0 Å². The SMILES string of the molecule is CCN(N)CC1CCCCC1. The highest BCUT2D eigenvalue weighted by atomic mass is 15.4. The summed E-state index contributed by atoms with van der Waals surface area (Å²) in [6, 6.07) is 0.